The van der Waals surface area contributed by atoms with Crippen LogP contribution in [0.15, 0.2) is 54.6 Å². The highest BCUT2D eigenvalue weighted by Gasteiger charge is 2.22. The molecule has 22 heavy (non-hydrogen) atoms. The average molecular weight is 312 g/mol. The molecule has 3 rings (SSSR count). The van der Waals surface area contributed by atoms with Gasteiger partial charge in [-0.05, 0) is 24.6 Å². The molecule has 0 bridgehead atoms. The zero-order chi connectivity index (χ0) is 15.7. The molecule has 0 spiro atoms. The number of carbonyl (C=O) groups excluding carboxylic acids is 1. The number of hydrogen-bond acceptors (Lipinski definition) is 2. The molecular formula is C17H14ClN3O. The molecule has 0 unspecified atom stereocenters. The Balaban J connectivity index is 2.33. The second-order valence-electron chi connectivity index (χ2n) is 4.94. The number of halogens is 1. The second-order valence-corrected chi connectivity index (χ2v) is 5.32. The summed E-state index contributed by atoms with van der Waals surface area (Å²) in [5.74, 6) is -0.644. The van der Waals surface area contributed by atoms with Crippen LogP contribution in [0.1, 0.15) is 16.1 Å². The van der Waals surface area contributed by atoms with Crippen LogP contribution in [0.4, 0.5) is 0 Å². The summed E-state index contributed by atoms with van der Waals surface area (Å²) in [6.45, 7) is 1.98. The molecule has 0 aliphatic heterocycles. The lowest BCUT2D eigenvalue weighted by Crippen LogP contribution is -2.12. The van der Waals surface area contributed by atoms with Crippen molar-refractivity contribution in [1.82, 2.24) is 9.78 Å². The van der Waals surface area contributed by atoms with Gasteiger partial charge in [0.25, 0.3) is 5.91 Å². The summed E-state index contributed by atoms with van der Waals surface area (Å²) >= 11 is 6.40. The van der Waals surface area contributed by atoms with E-state index in [-0.39, 0.29) is 10.7 Å². The smallest absolute Gasteiger partial charge is 0.270 e. The third-order valence-electron chi connectivity index (χ3n) is 3.46. The minimum Gasteiger partial charge on any atom is -0.364 e. The average Bonchev–Trinajstić information content (AvgIpc) is 2.86. The molecule has 0 atom stereocenters. The summed E-state index contributed by atoms with van der Waals surface area (Å²) in [4.78, 5) is 11.6. The van der Waals surface area contributed by atoms with Crippen molar-refractivity contribution in [2.75, 3.05) is 0 Å². The lowest BCUT2D eigenvalue weighted by molar-refractivity contribution is 0.0995. The van der Waals surface area contributed by atoms with Crippen LogP contribution in [0.25, 0.3) is 16.9 Å². The van der Waals surface area contributed by atoms with Gasteiger partial charge in [0, 0.05) is 5.56 Å². The van der Waals surface area contributed by atoms with Crippen LogP contribution >= 0.6 is 11.6 Å². The number of aryl methyl sites for hydroxylation is 1. The van der Waals surface area contributed by atoms with Gasteiger partial charge in [0.2, 0.25) is 0 Å². The van der Waals surface area contributed by atoms with Crippen LogP contribution in [0.2, 0.25) is 5.02 Å². The van der Waals surface area contributed by atoms with Crippen molar-refractivity contribution in [1.29, 1.82) is 0 Å². The van der Waals surface area contributed by atoms with Gasteiger partial charge in [-0.25, -0.2) is 4.68 Å². The Morgan fingerprint density at radius 3 is 2.36 bits per heavy atom. The molecular weight excluding hydrogens is 298 g/mol. The van der Waals surface area contributed by atoms with Gasteiger partial charge in [-0.15, -0.1) is 0 Å². The summed E-state index contributed by atoms with van der Waals surface area (Å²) in [7, 11) is 0. The van der Waals surface area contributed by atoms with Crippen LogP contribution in [-0.4, -0.2) is 15.7 Å². The maximum Gasteiger partial charge on any atom is 0.270 e. The van der Waals surface area contributed by atoms with Crippen molar-refractivity contribution in [2.45, 2.75) is 6.92 Å². The molecule has 1 amide bonds. The number of benzene rings is 2. The van der Waals surface area contributed by atoms with Gasteiger partial charge in [-0.2, -0.15) is 5.10 Å². The molecule has 2 aromatic carbocycles. The van der Waals surface area contributed by atoms with Gasteiger partial charge in [-0.3, -0.25) is 4.79 Å². The minimum atomic E-state index is -0.644. The van der Waals surface area contributed by atoms with Crippen LogP contribution in [-0.2, 0) is 0 Å². The van der Waals surface area contributed by atoms with E-state index < -0.39 is 5.91 Å². The van der Waals surface area contributed by atoms with Crippen molar-refractivity contribution >= 4 is 17.5 Å². The zero-order valence-corrected chi connectivity index (χ0v) is 12.7. The Bertz CT molecular complexity index is 840. The topological polar surface area (TPSA) is 60.9 Å². The highest BCUT2D eigenvalue weighted by atomic mass is 35.5. The van der Waals surface area contributed by atoms with E-state index in [9.17, 15) is 4.79 Å². The molecule has 0 radical (unpaired) electrons. The number of amides is 1. The molecule has 110 valence electrons. The molecule has 1 aromatic heterocycles. The fourth-order valence-corrected chi connectivity index (χ4v) is 2.70. The van der Waals surface area contributed by atoms with E-state index in [1.807, 2.05) is 61.5 Å². The molecule has 2 N–H and O–H groups in total. The summed E-state index contributed by atoms with van der Waals surface area (Å²) in [5.41, 5.74) is 8.90. The van der Waals surface area contributed by atoms with Crippen molar-refractivity contribution in [3.8, 4) is 16.9 Å². The quantitative estimate of drug-likeness (QED) is 0.803. The van der Waals surface area contributed by atoms with E-state index in [0.717, 1.165) is 16.8 Å². The maximum atomic E-state index is 11.6. The first-order valence-corrected chi connectivity index (χ1v) is 7.17. The van der Waals surface area contributed by atoms with Crippen molar-refractivity contribution in [2.24, 2.45) is 5.73 Å². The van der Waals surface area contributed by atoms with E-state index in [1.165, 1.54) is 0 Å². The van der Waals surface area contributed by atoms with Gasteiger partial charge in [0.15, 0.2) is 5.69 Å². The highest BCUT2D eigenvalue weighted by Crippen LogP contribution is 2.34. The van der Waals surface area contributed by atoms with Crippen LogP contribution in [0, 0.1) is 6.92 Å². The Hall–Kier alpha value is -2.59. The predicted molar refractivity (Wildman–Crippen MR) is 87.3 cm³/mol. The monoisotopic (exact) mass is 311 g/mol. The Morgan fingerprint density at radius 2 is 1.73 bits per heavy atom. The lowest BCUT2D eigenvalue weighted by atomic mass is 10.1. The molecule has 3 aromatic rings. The minimum absolute atomic E-state index is 0.0729. The zero-order valence-electron chi connectivity index (χ0n) is 12.0. The van der Waals surface area contributed by atoms with Gasteiger partial charge < -0.3 is 5.73 Å². The molecule has 5 heteroatoms. The Kier molecular flexibility index (Phi) is 3.69. The molecule has 0 aliphatic carbocycles. The van der Waals surface area contributed by atoms with Crippen LogP contribution in [0.3, 0.4) is 0 Å². The number of primary amides is 1. The van der Waals surface area contributed by atoms with E-state index in [4.69, 9.17) is 17.3 Å². The summed E-state index contributed by atoms with van der Waals surface area (Å²) < 4.78 is 1.66. The van der Waals surface area contributed by atoms with Gasteiger partial charge >= 0.3 is 0 Å². The Labute approximate surface area is 133 Å². The number of rotatable bonds is 3. The number of aromatic nitrogens is 2. The molecule has 1 heterocycles. The molecule has 0 saturated heterocycles. The summed E-state index contributed by atoms with van der Waals surface area (Å²) in [5, 5.41) is 4.58. The fourth-order valence-electron chi connectivity index (χ4n) is 2.38. The van der Waals surface area contributed by atoms with E-state index >= 15 is 0 Å². The first-order valence-electron chi connectivity index (χ1n) is 6.79. The molecule has 0 aliphatic rings. The largest absolute Gasteiger partial charge is 0.364 e. The lowest BCUT2D eigenvalue weighted by Gasteiger charge is -2.10. The fraction of sp³-hybridized carbons (Fsp3) is 0.0588. The van der Waals surface area contributed by atoms with Crippen LogP contribution < -0.4 is 5.73 Å². The number of nitrogens with two attached hydrogens (primary N) is 1. The summed E-state index contributed by atoms with van der Waals surface area (Å²) in [6, 6.07) is 17.3. The van der Waals surface area contributed by atoms with Gasteiger partial charge in [0.05, 0.1) is 11.4 Å². The molecule has 0 fully saturated rings. The number of para-hydroxylation sites is 1. The highest BCUT2D eigenvalue weighted by molar-refractivity contribution is 6.36. The number of nitrogens with zero attached hydrogens (tertiary/aromatic N) is 2. The van der Waals surface area contributed by atoms with Crippen molar-refractivity contribution in [3.63, 3.8) is 0 Å². The van der Waals surface area contributed by atoms with Crippen molar-refractivity contribution in [3.05, 3.63) is 70.9 Å². The van der Waals surface area contributed by atoms with E-state index in [2.05, 4.69) is 5.10 Å². The van der Waals surface area contributed by atoms with E-state index in [0.29, 0.717) is 5.69 Å². The first-order chi connectivity index (χ1) is 10.6. The maximum absolute atomic E-state index is 11.6. The third-order valence-corrected chi connectivity index (χ3v) is 3.82. The van der Waals surface area contributed by atoms with E-state index in [1.54, 1.807) is 4.68 Å². The number of hydrogen-bond donors (Lipinski definition) is 1. The second kappa shape index (κ2) is 5.66. The van der Waals surface area contributed by atoms with Crippen LogP contribution in [0.5, 0.6) is 0 Å². The SMILES string of the molecule is Cc1ccccc1-c1c(Cl)c(C(N)=O)nn1-c1ccccc1. The number of carbonyl (C=O) groups is 1. The third kappa shape index (κ3) is 2.38. The van der Waals surface area contributed by atoms with Crippen molar-refractivity contribution < 1.29 is 4.79 Å². The Morgan fingerprint density at radius 1 is 1.09 bits per heavy atom. The molecule has 4 nitrogen and oxygen atoms in total. The summed E-state index contributed by atoms with van der Waals surface area (Å²) in [6.07, 6.45) is 0. The first kappa shape index (κ1) is 14.4. The van der Waals surface area contributed by atoms with Gasteiger partial charge in [0.1, 0.15) is 5.02 Å². The normalized spacial score (nSPS) is 10.6. The molecule has 0 saturated carbocycles. The predicted octanol–water partition coefficient (Wildman–Crippen LogP) is 3.60. The van der Waals surface area contributed by atoms with Gasteiger partial charge in [-0.1, -0.05) is 54.1 Å². The standard InChI is InChI=1S/C17H14ClN3O/c1-11-7-5-6-10-13(11)16-14(18)15(17(19)22)20-21(16)12-8-3-2-4-9-12/h2-10H,1H3,(H2,19,22).